The second-order valence-electron chi connectivity index (χ2n) is 5.67. The molecule has 100 valence electrons. The Balaban J connectivity index is 2.86. The van der Waals surface area contributed by atoms with Crippen LogP contribution in [0.2, 0.25) is 0 Å². The average molecular weight is 243 g/mol. The Labute approximate surface area is 104 Å². The highest BCUT2D eigenvalue weighted by molar-refractivity contribution is 5.66. The van der Waals surface area contributed by atoms with Crippen LogP contribution in [0.4, 0.5) is 4.79 Å². The second kappa shape index (κ2) is 5.71. The first-order chi connectivity index (χ1) is 7.88. The lowest BCUT2D eigenvalue weighted by Crippen LogP contribution is -2.56. The number of nitrogens with zero attached hydrogens (tertiary/aromatic N) is 1. The summed E-state index contributed by atoms with van der Waals surface area (Å²) >= 11 is 0. The summed E-state index contributed by atoms with van der Waals surface area (Å²) < 4.78 is 5.72. The van der Waals surface area contributed by atoms with Crippen LogP contribution in [-0.4, -0.2) is 40.4 Å². The maximum atomic E-state index is 11.5. The fourth-order valence-corrected chi connectivity index (χ4v) is 2.71. The summed E-state index contributed by atoms with van der Waals surface area (Å²) in [6.45, 7) is 8.45. The molecule has 4 nitrogen and oxygen atoms in total. The lowest BCUT2D eigenvalue weighted by molar-refractivity contribution is -0.0485. The SMILES string of the molecule is CCO[C@@H]1CCCC[C@@H]1N(C(=O)O)C(C)(C)C. The molecule has 4 heteroatoms. The highest BCUT2D eigenvalue weighted by Gasteiger charge is 2.39. The molecule has 0 radical (unpaired) electrons. The van der Waals surface area contributed by atoms with Crippen molar-refractivity contribution in [1.82, 2.24) is 4.90 Å². The fourth-order valence-electron chi connectivity index (χ4n) is 2.71. The smallest absolute Gasteiger partial charge is 0.408 e. The van der Waals surface area contributed by atoms with Crippen LogP contribution in [-0.2, 0) is 4.74 Å². The summed E-state index contributed by atoms with van der Waals surface area (Å²) in [4.78, 5) is 13.0. The molecule has 0 aromatic carbocycles. The Bertz CT molecular complexity index is 258. The molecule has 0 saturated heterocycles. The molecule has 0 heterocycles. The first kappa shape index (κ1) is 14.3. The van der Waals surface area contributed by atoms with Crippen LogP contribution in [0, 0.1) is 0 Å². The van der Waals surface area contributed by atoms with Crippen LogP contribution in [0.25, 0.3) is 0 Å². The molecule has 0 spiro atoms. The molecule has 0 unspecified atom stereocenters. The third-order valence-corrected chi connectivity index (χ3v) is 3.31. The molecule has 1 rings (SSSR count). The van der Waals surface area contributed by atoms with Gasteiger partial charge in [-0.15, -0.1) is 0 Å². The van der Waals surface area contributed by atoms with Gasteiger partial charge < -0.3 is 9.84 Å². The first-order valence-corrected chi connectivity index (χ1v) is 6.51. The summed E-state index contributed by atoms with van der Waals surface area (Å²) in [5, 5.41) is 9.42. The number of rotatable bonds is 3. The summed E-state index contributed by atoms with van der Waals surface area (Å²) in [7, 11) is 0. The minimum atomic E-state index is -0.839. The zero-order valence-electron chi connectivity index (χ0n) is 11.4. The van der Waals surface area contributed by atoms with Gasteiger partial charge in [0.05, 0.1) is 12.1 Å². The minimum absolute atomic E-state index is 0.00111. The van der Waals surface area contributed by atoms with Crippen molar-refractivity contribution in [2.75, 3.05) is 6.61 Å². The van der Waals surface area contributed by atoms with E-state index in [1.807, 2.05) is 27.7 Å². The standard InChI is InChI=1S/C13H25NO3/c1-5-17-11-9-7-6-8-10(11)14(12(15)16)13(2,3)4/h10-11H,5-9H2,1-4H3,(H,15,16)/t10-,11+/m0/s1. The van der Waals surface area contributed by atoms with Crippen molar-refractivity contribution in [2.45, 2.75) is 71.1 Å². The van der Waals surface area contributed by atoms with Gasteiger partial charge in [-0.25, -0.2) is 4.79 Å². The van der Waals surface area contributed by atoms with Crippen molar-refractivity contribution in [1.29, 1.82) is 0 Å². The van der Waals surface area contributed by atoms with Crippen molar-refractivity contribution in [2.24, 2.45) is 0 Å². The van der Waals surface area contributed by atoms with Crippen LogP contribution in [0.5, 0.6) is 0 Å². The Morgan fingerprint density at radius 1 is 1.35 bits per heavy atom. The molecule has 1 saturated carbocycles. The van der Waals surface area contributed by atoms with Crippen molar-refractivity contribution >= 4 is 6.09 Å². The van der Waals surface area contributed by atoms with Gasteiger partial charge in [-0.2, -0.15) is 0 Å². The minimum Gasteiger partial charge on any atom is -0.465 e. The molecular weight excluding hydrogens is 218 g/mol. The van der Waals surface area contributed by atoms with Crippen molar-refractivity contribution < 1.29 is 14.6 Å². The van der Waals surface area contributed by atoms with E-state index < -0.39 is 6.09 Å². The summed E-state index contributed by atoms with van der Waals surface area (Å²) in [6.07, 6.45) is 3.33. The van der Waals surface area contributed by atoms with E-state index >= 15 is 0 Å². The molecule has 0 aromatic rings. The van der Waals surface area contributed by atoms with Gasteiger partial charge >= 0.3 is 6.09 Å². The van der Waals surface area contributed by atoms with E-state index in [-0.39, 0.29) is 17.7 Å². The monoisotopic (exact) mass is 243 g/mol. The zero-order chi connectivity index (χ0) is 13.1. The van der Waals surface area contributed by atoms with Gasteiger partial charge in [0, 0.05) is 12.1 Å². The van der Waals surface area contributed by atoms with E-state index in [0.29, 0.717) is 6.61 Å². The quantitative estimate of drug-likeness (QED) is 0.828. The highest BCUT2D eigenvalue weighted by atomic mass is 16.5. The molecule has 1 N–H and O–H groups in total. The molecule has 0 aliphatic heterocycles. The normalized spacial score (nSPS) is 25.6. The van der Waals surface area contributed by atoms with Gasteiger partial charge in [0.15, 0.2) is 0 Å². The van der Waals surface area contributed by atoms with Gasteiger partial charge in [-0.05, 0) is 40.5 Å². The van der Waals surface area contributed by atoms with Crippen LogP contribution < -0.4 is 0 Å². The Kier molecular flexibility index (Phi) is 4.80. The maximum Gasteiger partial charge on any atom is 0.408 e. The maximum absolute atomic E-state index is 11.5. The van der Waals surface area contributed by atoms with E-state index in [1.165, 1.54) is 0 Å². The Morgan fingerprint density at radius 2 is 1.94 bits per heavy atom. The predicted molar refractivity (Wildman–Crippen MR) is 67.3 cm³/mol. The molecule has 0 bridgehead atoms. The molecular formula is C13H25NO3. The van der Waals surface area contributed by atoms with Crippen molar-refractivity contribution in [3.8, 4) is 0 Å². The van der Waals surface area contributed by atoms with Gasteiger partial charge in [0.1, 0.15) is 0 Å². The Morgan fingerprint density at radius 3 is 2.41 bits per heavy atom. The van der Waals surface area contributed by atoms with E-state index in [9.17, 15) is 9.90 Å². The molecule has 1 fully saturated rings. The van der Waals surface area contributed by atoms with Crippen molar-refractivity contribution in [3.05, 3.63) is 0 Å². The van der Waals surface area contributed by atoms with Crippen LogP contribution in [0.1, 0.15) is 53.4 Å². The molecule has 0 aromatic heterocycles. The van der Waals surface area contributed by atoms with Gasteiger partial charge in [0.2, 0.25) is 0 Å². The lowest BCUT2D eigenvalue weighted by atomic mass is 9.88. The summed E-state index contributed by atoms with van der Waals surface area (Å²) in [5.41, 5.74) is -0.372. The topological polar surface area (TPSA) is 49.8 Å². The first-order valence-electron chi connectivity index (χ1n) is 6.51. The number of amides is 1. The second-order valence-corrected chi connectivity index (χ2v) is 5.67. The molecule has 2 atom stereocenters. The van der Waals surface area contributed by atoms with E-state index in [0.717, 1.165) is 25.7 Å². The van der Waals surface area contributed by atoms with Crippen LogP contribution in [0.3, 0.4) is 0 Å². The predicted octanol–water partition coefficient (Wildman–Crippen LogP) is 3.11. The largest absolute Gasteiger partial charge is 0.465 e. The third-order valence-electron chi connectivity index (χ3n) is 3.31. The zero-order valence-corrected chi connectivity index (χ0v) is 11.4. The molecule has 17 heavy (non-hydrogen) atoms. The van der Waals surface area contributed by atoms with E-state index in [4.69, 9.17) is 4.74 Å². The number of carbonyl (C=O) groups is 1. The van der Waals surface area contributed by atoms with E-state index in [2.05, 4.69) is 0 Å². The molecule has 1 aliphatic carbocycles. The van der Waals surface area contributed by atoms with Crippen LogP contribution in [0.15, 0.2) is 0 Å². The molecule has 1 amide bonds. The van der Waals surface area contributed by atoms with Gasteiger partial charge in [0.25, 0.3) is 0 Å². The highest BCUT2D eigenvalue weighted by Crippen LogP contribution is 2.30. The van der Waals surface area contributed by atoms with Crippen molar-refractivity contribution in [3.63, 3.8) is 0 Å². The third kappa shape index (κ3) is 3.60. The number of ether oxygens (including phenoxy) is 1. The number of carboxylic acid groups (broad SMARTS) is 1. The average Bonchev–Trinajstić information content (AvgIpc) is 2.18. The fraction of sp³-hybridized carbons (Fsp3) is 0.923. The molecule has 1 aliphatic rings. The lowest BCUT2D eigenvalue weighted by Gasteiger charge is -2.44. The van der Waals surface area contributed by atoms with Gasteiger partial charge in [-0.3, -0.25) is 4.90 Å². The summed E-state index contributed by atoms with van der Waals surface area (Å²) in [5.74, 6) is 0. The number of hydrogen-bond donors (Lipinski definition) is 1. The van der Waals surface area contributed by atoms with E-state index in [1.54, 1.807) is 4.90 Å². The van der Waals surface area contributed by atoms with Gasteiger partial charge in [-0.1, -0.05) is 12.8 Å². The van der Waals surface area contributed by atoms with Crippen LogP contribution >= 0.6 is 0 Å². The summed E-state index contributed by atoms with van der Waals surface area (Å²) in [6, 6.07) is 0.00111. The Hall–Kier alpha value is -0.770. The number of hydrogen-bond acceptors (Lipinski definition) is 2.